The Morgan fingerprint density at radius 3 is 2.62 bits per heavy atom. The molecule has 0 aliphatic rings. The van der Waals surface area contributed by atoms with E-state index in [0.717, 1.165) is 6.07 Å². The van der Waals surface area contributed by atoms with E-state index in [1.807, 2.05) is 0 Å². The summed E-state index contributed by atoms with van der Waals surface area (Å²) in [6, 6.07) is 2.18. The van der Waals surface area contributed by atoms with Crippen LogP contribution < -0.4 is 4.74 Å². The number of ether oxygens (including phenoxy) is 1. The maximum Gasteiger partial charge on any atom is 0.337 e. The predicted molar refractivity (Wildman–Crippen MR) is 57.3 cm³/mol. The predicted octanol–water partition coefficient (Wildman–Crippen LogP) is 1.67. The Labute approximate surface area is 96.0 Å². The number of carbonyl (C=O) groups is 1. The molecule has 4 nitrogen and oxygen atoms in total. The van der Waals surface area contributed by atoms with Gasteiger partial charge in [-0.05, 0) is 18.4 Å². The Morgan fingerprint density at radius 1 is 1.56 bits per heavy atom. The van der Waals surface area contributed by atoms with Gasteiger partial charge in [-0.2, -0.15) is 0 Å². The summed E-state index contributed by atoms with van der Waals surface area (Å²) in [4.78, 5) is 11.1. The maximum atomic E-state index is 13.2. The molecule has 16 heavy (non-hydrogen) atoms. The molecule has 6 heteroatoms. The number of rotatable bonds is 4. The number of benzene rings is 1. The average Bonchev–Trinajstić information content (AvgIpc) is 2.26. The number of hydrogen-bond acceptors (Lipinski definition) is 4. The number of aliphatic hydroxyl groups excluding tert-OH is 1. The number of aliphatic carboxylic acids is 1. The van der Waals surface area contributed by atoms with Gasteiger partial charge in [0.15, 0.2) is 6.10 Å². The van der Waals surface area contributed by atoms with Crippen molar-refractivity contribution < 1.29 is 24.1 Å². The van der Waals surface area contributed by atoms with E-state index >= 15 is 0 Å². The molecule has 0 spiro atoms. The van der Waals surface area contributed by atoms with E-state index in [1.165, 1.54) is 24.9 Å². The van der Waals surface area contributed by atoms with Gasteiger partial charge in [0.2, 0.25) is 0 Å². The lowest BCUT2D eigenvalue weighted by Crippen LogP contribution is -2.12. The standard InChI is InChI=1S/C10H11FO4S/c1-15-9-6(8(12)10(13)14)3-5(11)4-7(9)16-2/h3-4,8,12H,1-2H3,(H,13,14). The van der Waals surface area contributed by atoms with Gasteiger partial charge in [-0.1, -0.05) is 0 Å². The fraction of sp³-hybridized carbons (Fsp3) is 0.300. The lowest BCUT2D eigenvalue weighted by molar-refractivity contribution is -0.147. The third-order valence-corrected chi connectivity index (χ3v) is 2.74. The van der Waals surface area contributed by atoms with Crippen LogP contribution in [0.2, 0.25) is 0 Å². The summed E-state index contributed by atoms with van der Waals surface area (Å²) in [6.07, 6.45) is -0.0923. The molecule has 1 rings (SSSR count). The van der Waals surface area contributed by atoms with Crippen molar-refractivity contribution >= 4 is 17.7 Å². The van der Waals surface area contributed by atoms with Crippen LogP contribution in [0.15, 0.2) is 17.0 Å². The molecule has 0 heterocycles. The molecule has 0 aromatic heterocycles. The number of thioether (sulfide) groups is 1. The minimum Gasteiger partial charge on any atom is -0.495 e. The molecule has 0 radical (unpaired) electrons. The van der Waals surface area contributed by atoms with Crippen LogP contribution in [-0.4, -0.2) is 29.5 Å². The molecule has 0 bridgehead atoms. The van der Waals surface area contributed by atoms with Crippen LogP contribution in [0.25, 0.3) is 0 Å². The maximum absolute atomic E-state index is 13.2. The highest BCUT2D eigenvalue weighted by Crippen LogP contribution is 2.35. The third kappa shape index (κ3) is 2.45. The van der Waals surface area contributed by atoms with Crippen molar-refractivity contribution in [3.63, 3.8) is 0 Å². The second-order valence-electron chi connectivity index (χ2n) is 2.97. The van der Waals surface area contributed by atoms with Crippen molar-refractivity contribution in [3.8, 4) is 5.75 Å². The van der Waals surface area contributed by atoms with Crippen molar-refractivity contribution in [2.24, 2.45) is 0 Å². The van der Waals surface area contributed by atoms with Gasteiger partial charge in [0.25, 0.3) is 0 Å². The van der Waals surface area contributed by atoms with Crippen LogP contribution in [-0.2, 0) is 4.79 Å². The van der Waals surface area contributed by atoms with Crippen LogP contribution in [0.1, 0.15) is 11.7 Å². The van der Waals surface area contributed by atoms with Crippen LogP contribution in [0.4, 0.5) is 4.39 Å². The molecule has 0 fully saturated rings. The van der Waals surface area contributed by atoms with Gasteiger partial charge in [-0.15, -0.1) is 11.8 Å². The summed E-state index contributed by atoms with van der Waals surface area (Å²) in [5, 5.41) is 18.1. The topological polar surface area (TPSA) is 66.8 Å². The third-order valence-electron chi connectivity index (χ3n) is 2.00. The molecule has 0 aliphatic carbocycles. The Hall–Kier alpha value is -1.27. The SMILES string of the molecule is COc1c(SC)cc(F)cc1C(O)C(=O)O. The smallest absolute Gasteiger partial charge is 0.337 e. The van der Waals surface area contributed by atoms with Crippen LogP contribution >= 0.6 is 11.8 Å². The van der Waals surface area contributed by atoms with Gasteiger partial charge in [-0.3, -0.25) is 0 Å². The second-order valence-corrected chi connectivity index (χ2v) is 3.82. The fourth-order valence-corrected chi connectivity index (χ4v) is 1.91. The monoisotopic (exact) mass is 246 g/mol. The Balaban J connectivity index is 3.35. The van der Waals surface area contributed by atoms with E-state index in [-0.39, 0.29) is 11.3 Å². The number of halogens is 1. The lowest BCUT2D eigenvalue weighted by Gasteiger charge is -2.14. The van der Waals surface area contributed by atoms with Gasteiger partial charge in [0.1, 0.15) is 11.6 Å². The minimum atomic E-state index is -1.79. The second kappa shape index (κ2) is 5.18. The minimum absolute atomic E-state index is 0.0839. The molecule has 1 aromatic carbocycles. The molecule has 1 aromatic rings. The molecular weight excluding hydrogens is 235 g/mol. The quantitative estimate of drug-likeness (QED) is 0.791. The molecule has 0 aliphatic heterocycles. The fourth-order valence-electron chi connectivity index (χ4n) is 1.30. The van der Waals surface area contributed by atoms with Crippen LogP contribution in [0.3, 0.4) is 0 Å². The van der Waals surface area contributed by atoms with E-state index in [9.17, 15) is 14.3 Å². The van der Waals surface area contributed by atoms with E-state index in [0.29, 0.717) is 4.90 Å². The van der Waals surface area contributed by atoms with E-state index in [2.05, 4.69) is 0 Å². The summed E-state index contributed by atoms with van der Waals surface area (Å²) in [7, 11) is 1.34. The Bertz CT molecular complexity index is 408. The summed E-state index contributed by atoms with van der Waals surface area (Å²) < 4.78 is 18.2. The van der Waals surface area contributed by atoms with E-state index in [1.54, 1.807) is 6.26 Å². The van der Waals surface area contributed by atoms with Crippen molar-refractivity contribution in [3.05, 3.63) is 23.5 Å². The summed E-state index contributed by atoms with van der Waals surface area (Å²) in [6.45, 7) is 0. The molecular formula is C10H11FO4S. The number of carboxylic acid groups (broad SMARTS) is 1. The van der Waals surface area contributed by atoms with Gasteiger partial charge in [0.05, 0.1) is 12.0 Å². The van der Waals surface area contributed by atoms with Gasteiger partial charge >= 0.3 is 5.97 Å². The molecule has 1 unspecified atom stereocenters. The van der Waals surface area contributed by atoms with Crippen LogP contribution in [0.5, 0.6) is 5.75 Å². The average molecular weight is 246 g/mol. The van der Waals surface area contributed by atoms with Crippen molar-refractivity contribution in [1.82, 2.24) is 0 Å². The molecule has 2 N–H and O–H groups in total. The number of methoxy groups -OCH3 is 1. The lowest BCUT2D eigenvalue weighted by atomic mass is 10.1. The van der Waals surface area contributed by atoms with E-state index < -0.39 is 17.9 Å². The number of hydrogen-bond donors (Lipinski definition) is 2. The largest absolute Gasteiger partial charge is 0.495 e. The number of aliphatic hydroxyl groups is 1. The van der Waals surface area contributed by atoms with Gasteiger partial charge < -0.3 is 14.9 Å². The zero-order chi connectivity index (χ0) is 12.3. The van der Waals surface area contributed by atoms with Gasteiger partial charge in [0, 0.05) is 5.56 Å². The molecule has 0 saturated heterocycles. The molecule has 88 valence electrons. The zero-order valence-electron chi connectivity index (χ0n) is 8.73. The molecule has 0 amide bonds. The Kier molecular flexibility index (Phi) is 4.14. The summed E-state index contributed by atoms with van der Waals surface area (Å²) in [5.74, 6) is -1.87. The molecule has 1 atom stereocenters. The van der Waals surface area contributed by atoms with Crippen LogP contribution in [0, 0.1) is 5.82 Å². The number of carboxylic acids is 1. The summed E-state index contributed by atoms with van der Waals surface area (Å²) >= 11 is 1.21. The highest BCUT2D eigenvalue weighted by molar-refractivity contribution is 7.98. The normalized spacial score (nSPS) is 12.2. The highest BCUT2D eigenvalue weighted by Gasteiger charge is 2.23. The first-order valence-electron chi connectivity index (χ1n) is 4.33. The van der Waals surface area contributed by atoms with Crippen molar-refractivity contribution in [2.45, 2.75) is 11.0 Å². The first kappa shape index (κ1) is 12.8. The Morgan fingerprint density at radius 2 is 2.19 bits per heavy atom. The van der Waals surface area contributed by atoms with Crippen molar-refractivity contribution in [1.29, 1.82) is 0 Å². The highest BCUT2D eigenvalue weighted by atomic mass is 32.2. The summed E-state index contributed by atoms with van der Waals surface area (Å²) in [5.41, 5.74) is -0.0839. The first-order chi connectivity index (χ1) is 7.51. The first-order valence-corrected chi connectivity index (χ1v) is 5.56. The van der Waals surface area contributed by atoms with E-state index in [4.69, 9.17) is 9.84 Å². The van der Waals surface area contributed by atoms with Crippen molar-refractivity contribution in [2.75, 3.05) is 13.4 Å². The molecule has 0 saturated carbocycles. The van der Waals surface area contributed by atoms with Gasteiger partial charge in [-0.25, -0.2) is 9.18 Å². The zero-order valence-corrected chi connectivity index (χ0v) is 9.55.